The number of quaternary nitrogens is 1. The zero-order chi connectivity index (χ0) is 45.6. The zero-order valence-corrected chi connectivity index (χ0v) is 39.2. The summed E-state index contributed by atoms with van der Waals surface area (Å²) in [6, 6.07) is -0.752. The summed E-state index contributed by atoms with van der Waals surface area (Å²) in [5.41, 5.74) is 0. The van der Waals surface area contributed by atoms with Gasteiger partial charge in [-0.15, -0.1) is 0 Å². The monoisotopic (exact) mass is 858 g/mol. The van der Waals surface area contributed by atoms with Crippen molar-refractivity contribution in [1.29, 1.82) is 0 Å². The molecule has 62 heavy (non-hydrogen) atoms. The van der Waals surface area contributed by atoms with E-state index in [-0.39, 0.29) is 49.5 Å². The van der Waals surface area contributed by atoms with Crippen LogP contribution in [0.4, 0.5) is 0 Å². The van der Waals surface area contributed by atoms with Gasteiger partial charge in [0.25, 0.3) is 0 Å². The van der Waals surface area contributed by atoms with Gasteiger partial charge in [0, 0.05) is 19.3 Å². The van der Waals surface area contributed by atoms with Crippen LogP contribution in [-0.2, 0) is 28.6 Å². The van der Waals surface area contributed by atoms with Gasteiger partial charge in [-0.3, -0.25) is 9.59 Å². The first-order valence-corrected chi connectivity index (χ1v) is 23.2. The minimum Gasteiger partial charge on any atom is -0.544 e. The predicted octanol–water partition coefficient (Wildman–Crippen LogP) is 11.9. The fourth-order valence-electron chi connectivity index (χ4n) is 5.75. The molecular weight excluding hydrogens is 775 g/mol. The number of carboxylic acids is 1. The quantitative estimate of drug-likeness (QED) is 0.0262. The Kier molecular flexibility index (Phi) is 40.0. The average Bonchev–Trinajstić information content (AvgIpc) is 3.23. The van der Waals surface area contributed by atoms with E-state index >= 15 is 0 Å². The van der Waals surface area contributed by atoms with Gasteiger partial charge in [0.2, 0.25) is 0 Å². The molecule has 0 spiro atoms. The fraction of sp³-hybridized carbons (Fsp3) is 0.537. The van der Waals surface area contributed by atoms with Crippen LogP contribution in [-0.4, -0.2) is 75.5 Å². The highest BCUT2D eigenvalue weighted by Crippen LogP contribution is 2.10. The van der Waals surface area contributed by atoms with E-state index in [0.717, 1.165) is 89.9 Å². The van der Waals surface area contributed by atoms with Crippen LogP contribution in [0.3, 0.4) is 0 Å². The van der Waals surface area contributed by atoms with Crippen LogP contribution in [0.1, 0.15) is 136 Å². The van der Waals surface area contributed by atoms with E-state index in [4.69, 9.17) is 14.2 Å². The number of hydrogen-bond donors (Lipinski definition) is 0. The van der Waals surface area contributed by atoms with Gasteiger partial charge < -0.3 is 28.6 Å². The van der Waals surface area contributed by atoms with E-state index in [9.17, 15) is 19.5 Å². The van der Waals surface area contributed by atoms with Crippen LogP contribution in [0.2, 0.25) is 0 Å². The molecule has 0 heterocycles. The minimum atomic E-state index is -1.15. The van der Waals surface area contributed by atoms with Crippen LogP contribution < -0.4 is 5.11 Å². The number of carbonyl (C=O) groups is 3. The van der Waals surface area contributed by atoms with E-state index in [1.807, 2.05) is 0 Å². The molecule has 8 nitrogen and oxygen atoms in total. The van der Waals surface area contributed by atoms with E-state index in [2.05, 4.69) is 148 Å². The van der Waals surface area contributed by atoms with Crippen LogP contribution >= 0.6 is 0 Å². The molecule has 0 N–H and O–H groups in total. The minimum absolute atomic E-state index is 0.00656. The summed E-state index contributed by atoms with van der Waals surface area (Å²) in [6.45, 7) is 4.29. The largest absolute Gasteiger partial charge is 0.544 e. The van der Waals surface area contributed by atoms with E-state index in [1.54, 1.807) is 21.1 Å². The number of esters is 2. The first-order chi connectivity index (χ1) is 30.1. The smallest absolute Gasteiger partial charge is 0.306 e. The lowest BCUT2D eigenvalue weighted by Crippen LogP contribution is -2.55. The maximum Gasteiger partial charge on any atom is 0.306 e. The van der Waals surface area contributed by atoms with Crippen molar-refractivity contribution >= 4 is 17.9 Å². The maximum absolute atomic E-state index is 12.7. The van der Waals surface area contributed by atoms with Crippen molar-refractivity contribution in [3.05, 3.63) is 134 Å². The Hall–Kier alpha value is -4.53. The number of aliphatic carboxylic acids is 1. The maximum atomic E-state index is 12.7. The molecular formula is C54H83NO7. The van der Waals surface area contributed by atoms with E-state index in [0.29, 0.717) is 12.8 Å². The number of rotatable bonds is 39. The molecule has 0 amide bonds. The zero-order valence-electron chi connectivity index (χ0n) is 39.2. The molecule has 0 aliphatic heterocycles. The highest BCUT2D eigenvalue weighted by atomic mass is 16.6. The molecule has 0 saturated heterocycles. The van der Waals surface area contributed by atoms with Crippen molar-refractivity contribution in [3.63, 3.8) is 0 Å². The Morgan fingerprint density at radius 3 is 1.24 bits per heavy atom. The lowest BCUT2D eigenvalue weighted by atomic mass is 10.1. The van der Waals surface area contributed by atoms with Gasteiger partial charge in [-0.25, -0.2) is 0 Å². The molecule has 0 aliphatic rings. The SMILES string of the molecule is CC/C=C/C/C=C/C/C=C/C/C=C/C/C=C/C/C=C/CCCCC(=O)OCC(COCCC(C(=O)[O-])[N+](C)(C)C)OC(=O)CCC/C=C/C/C=C/C/C=C/C/C=C/C/C=C/CC. The Balaban J connectivity index is 4.52. The summed E-state index contributed by atoms with van der Waals surface area (Å²) in [7, 11) is 5.36. The highest BCUT2D eigenvalue weighted by Gasteiger charge is 2.25. The molecule has 0 aromatic heterocycles. The second-order valence-electron chi connectivity index (χ2n) is 15.9. The molecule has 0 bridgehead atoms. The molecule has 346 valence electrons. The number of hydrogen-bond acceptors (Lipinski definition) is 7. The third-order valence-electron chi connectivity index (χ3n) is 9.28. The van der Waals surface area contributed by atoms with Gasteiger partial charge in [0.15, 0.2) is 6.10 Å². The predicted molar refractivity (Wildman–Crippen MR) is 258 cm³/mol. The summed E-state index contributed by atoms with van der Waals surface area (Å²) in [5.74, 6) is -1.89. The molecule has 0 aromatic carbocycles. The average molecular weight is 858 g/mol. The molecule has 2 atom stereocenters. The molecule has 2 unspecified atom stereocenters. The molecule has 0 aliphatic carbocycles. The van der Waals surface area contributed by atoms with Crippen LogP contribution in [0.25, 0.3) is 0 Å². The summed E-state index contributed by atoms with van der Waals surface area (Å²) < 4.78 is 17.1. The number of carbonyl (C=O) groups excluding carboxylic acids is 3. The Morgan fingerprint density at radius 1 is 0.484 bits per heavy atom. The van der Waals surface area contributed by atoms with E-state index in [1.165, 1.54) is 0 Å². The summed E-state index contributed by atoms with van der Waals surface area (Å²) in [6.07, 6.45) is 62.0. The Bertz CT molecular complexity index is 1470. The van der Waals surface area contributed by atoms with Gasteiger partial charge in [-0.2, -0.15) is 0 Å². The first-order valence-electron chi connectivity index (χ1n) is 23.2. The van der Waals surface area contributed by atoms with Crippen molar-refractivity contribution in [2.24, 2.45) is 0 Å². The van der Waals surface area contributed by atoms with Crippen molar-refractivity contribution in [2.45, 2.75) is 148 Å². The van der Waals surface area contributed by atoms with Crippen molar-refractivity contribution in [2.75, 3.05) is 41.0 Å². The standard InChI is InChI=1S/C54H83NO7/c1-6-8-10-12-14-16-18-20-22-24-25-26-27-29-30-32-34-36-38-40-42-44-52(56)61-49-50(48-60-47-46-51(54(58)59)55(3,4)5)62-53(57)45-43-41-39-37-35-33-31-28-23-21-19-17-15-13-11-9-7-2/h8-11,14-17,20-23,25-26,29-31,33-34,36-37,39,50-51H,6-7,12-13,18-19,24,27-28,32,35,38,40-49H2,1-5H3/b10-8+,11-9+,16-14+,17-15+,22-20+,23-21+,26-25+,30-29+,33-31+,36-34+,39-37+. The summed E-state index contributed by atoms with van der Waals surface area (Å²) in [5, 5.41) is 11.6. The third-order valence-corrected chi connectivity index (χ3v) is 9.28. The Morgan fingerprint density at radius 2 is 0.855 bits per heavy atom. The lowest BCUT2D eigenvalue weighted by Gasteiger charge is -2.34. The number of nitrogens with zero attached hydrogens (tertiary/aromatic N) is 1. The highest BCUT2D eigenvalue weighted by molar-refractivity contribution is 5.70. The van der Waals surface area contributed by atoms with E-state index < -0.39 is 24.1 Å². The molecule has 0 aromatic rings. The van der Waals surface area contributed by atoms with Gasteiger partial charge >= 0.3 is 11.9 Å². The second-order valence-corrected chi connectivity index (χ2v) is 15.9. The lowest BCUT2D eigenvalue weighted by molar-refractivity contribution is -0.889. The molecule has 0 fully saturated rings. The van der Waals surface area contributed by atoms with Crippen molar-refractivity contribution in [1.82, 2.24) is 0 Å². The number of unbranched alkanes of at least 4 members (excludes halogenated alkanes) is 3. The van der Waals surface area contributed by atoms with Crippen LogP contribution in [0.5, 0.6) is 0 Å². The number of allylic oxidation sites excluding steroid dienone is 22. The molecule has 0 rings (SSSR count). The number of likely N-dealkylation sites (N-methyl/N-ethyl adjacent to an activating group) is 1. The van der Waals surface area contributed by atoms with Crippen molar-refractivity contribution < 1.29 is 38.2 Å². The van der Waals surface area contributed by atoms with Gasteiger partial charge in [0.05, 0.1) is 40.3 Å². The van der Waals surface area contributed by atoms with Gasteiger partial charge in [-0.1, -0.05) is 148 Å². The topological polar surface area (TPSA) is 102 Å². The normalized spacial score (nSPS) is 14.1. The molecule has 8 heteroatoms. The first kappa shape index (κ1) is 57.5. The third kappa shape index (κ3) is 40.9. The number of carboxylic acid groups (broad SMARTS) is 1. The van der Waals surface area contributed by atoms with Gasteiger partial charge in [0.1, 0.15) is 12.6 Å². The molecule has 0 saturated carbocycles. The summed E-state index contributed by atoms with van der Waals surface area (Å²) >= 11 is 0. The Labute approximate surface area is 377 Å². The van der Waals surface area contributed by atoms with Crippen LogP contribution in [0, 0.1) is 0 Å². The fourth-order valence-corrected chi connectivity index (χ4v) is 5.75. The molecule has 0 radical (unpaired) electrons. The summed E-state index contributed by atoms with van der Waals surface area (Å²) in [4.78, 5) is 36.9. The van der Waals surface area contributed by atoms with Gasteiger partial charge in [-0.05, 0) is 103 Å². The number of ether oxygens (including phenoxy) is 3. The van der Waals surface area contributed by atoms with Crippen molar-refractivity contribution in [3.8, 4) is 0 Å². The second kappa shape index (κ2) is 43.1. The van der Waals surface area contributed by atoms with Crippen LogP contribution in [0.15, 0.2) is 134 Å².